The average Bonchev–Trinajstić information content (AvgIpc) is 2.95. The number of hydrogen-bond acceptors (Lipinski definition) is 6. The van der Waals surface area contributed by atoms with E-state index in [4.69, 9.17) is 16.3 Å². The molecular formula is C17H17ClN4O4S. The van der Waals surface area contributed by atoms with E-state index in [1.807, 2.05) is 0 Å². The lowest BCUT2D eigenvalue weighted by Crippen LogP contribution is -2.27. The van der Waals surface area contributed by atoms with Crippen molar-refractivity contribution in [3.8, 4) is 5.88 Å². The van der Waals surface area contributed by atoms with Gasteiger partial charge in [0.15, 0.2) is 5.69 Å². The molecule has 27 heavy (non-hydrogen) atoms. The molecule has 0 aliphatic heterocycles. The van der Waals surface area contributed by atoms with Crippen LogP contribution in [0.4, 0.5) is 11.4 Å². The number of nitrogens with one attached hydrogen (secondary N) is 2. The van der Waals surface area contributed by atoms with Gasteiger partial charge in [0, 0.05) is 19.0 Å². The van der Waals surface area contributed by atoms with Crippen LogP contribution in [0.25, 0.3) is 10.9 Å². The molecule has 3 N–H and O–H groups in total. The summed E-state index contributed by atoms with van der Waals surface area (Å²) >= 11 is 6.05. The van der Waals surface area contributed by atoms with Crippen LogP contribution in [-0.4, -0.2) is 38.8 Å². The molecular weight excluding hydrogens is 392 g/mol. The highest BCUT2D eigenvalue weighted by Gasteiger charge is 2.17. The van der Waals surface area contributed by atoms with Crippen molar-refractivity contribution in [2.24, 2.45) is 10.2 Å². The zero-order valence-corrected chi connectivity index (χ0v) is 15.9. The first-order valence-corrected chi connectivity index (χ1v) is 9.78. The molecule has 3 rings (SSSR count). The Morgan fingerprint density at radius 1 is 1.22 bits per heavy atom. The predicted molar refractivity (Wildman–Crippen MR) is 103 cm³/mol. The van der Waals surface area contributed by atoms with Gasteiger partial charge in [-0.3, -0.25) is 0 Å². The Hall–Kier alpha value is -2.46. The number of ether oxygens (including phenoxy) is 1. The van der Waals surface area contributed by atoms with E-state index < -0.39 is 10.0 Å². The third-order valence-corrected chi connectivity index (χ3v) is 5.52. The molecule has 3 aromatic rings. The fraction of sp³-hybridized carbons (Fsp3) is 0.176. The quantitative estimate of drug-likeness (QED) is 0.406. The number of fused-ring (bicyclic) bond motifs is 1. The summed E-state index contributed by atoms with van der Waals surface area (Å²) in [6.45, 7) is 0.401. The first-order chi connectivity index (χ1) is 12.9. The smallest absolute Gasteiger partial charge is 0.240 e. The lowest BCUT2D eigenvalue weighted by atomic mass is 10.2. The van der Waals surface area contributed by atoms with E-state index in [9.17, 15) is 13.5 Å². The average molecular weight is 409 g/mol. The molecule has 0 bridgehead atoms. The normalized spacial score (nSPS) is 12.2. The largest absolute Gasteiger partial charge is 0.493 e. The highest BCUT2D eigenvalue weighted by atomic mass is 35.5. The molecule has 0 aliphatic rings. The number of aromatic nitrogens is 1. The second-order valence-corrected chi connectivity index (χ2v) is 7.75. The van der Waals surface area contributed by atoms with Gasteiger partial charge in [-0.25, -0.2) is 13.1 Å². The molecule has 0 radical (unpaired) electrons. The number of halogens is 1. The Balaban J connectivity index is 1.99. The van der Waals surface area contributed by atoms with Crippen molar-refractivity contribution in [1.29, 1.82) is 0 Å². The monoisotopic (exact) mass is 408 g/mol. The van der Waals surface area contributed by atoms with Gasteiger partial charge in [-0.05, 0) is 30.3 Å². The Morgan fingerprint density at radius 2 is 2.00 bits per heavy atom. The summed E-state index contributed by atoms with van der Waals surface area (Å²) < 4.78 is 32.0. The van der Waals surface area contributed by atoms with Gasteiger partial charge in [0.05, 0.1) is 22.0 Å². The zero-order chi connectivity index (χ0) is 19.4. The Labute approximate surface area is 160 Å². The molecule has 2 aromatic carbocycles. The van der Waals surface area contributed by atoms with Crippen LogP contribution in [0.2, 0.25) is 5.02 Å². The fourth-order valence-electron chi connectivity index (χ4n) is 2.41. The third kappa shape index (κ3) is 4.28. The minimum Gasteiger partial charge on any atom is -0.493 e. The molecule has 10 heteroatoms. The number of sulfonamides is 1. The number of methoxy groups -OCH3 is 1. The van der Waals surface area contributed by atoms with E-state index in [0.29, 0.717) is 21.6 Å². The van der Waals surface area contributed by atoms with Crippen LogP contribution < -0.4 is 4.72 Å². The molecule has 142 valence electrons. The summed E-state index contributed by atoms with van der Waals surface area (Å²) in [6, 6.07) is 11.3. The molecule has 8 nitrogen and oxygen atoms in total. The van der Waals surface area contributed by atoms with Crippen LogP contribution in [0.5, 0.6) is 5.88 Å². The highest BCUT2D eigenvalue weighted by molar-refractivity contribution is 7.89. The molecule has 0 fully saturated rings. The van der Waals surface area contributed by atoms with Gasteiger partial charge in [0.2, 0.25) is 15.9 Å². The lowest BCUT2D eigenvalue weighted by molar-refractivity contribution is 0.204. The molecule has 1 heterocycles. The van der Waals surface area contributed by atoms with Crippen LogP contribution in [0.1, 0.15) is 0 Å². The number of rotatable bonds is 7. The van der Waals surface area contributed by atoms with E-state index >= 15 is 0 Å². The number of hydrogen-bond donors (Lipinski definition) is 3. The predicted octanol–water partition coefficient (Wildman–Crippen LogP) is 3.87. The van der Waals surface area contributed by atoms with Gasteiger partial charge in [-0.2, -0.15) is 0 Å². The molecule has 0 unspecified atom stereocenters. The number of nitrogens with zero attached hydrogens (tertiary/aromatic N) is 2. The van der Waals surface area contributed by atoms with Crippen molar-refractivity contribution < 1.29 is 18.3 Å². The Bertz CT molecular complexity index is 1100. The van der Waals surface area contributed by atoms with E-state index in [0.717, 1.165) is 0 Å². The number of H-pyrrole nitrogens is 1. The van der Waals surface area contributed by atoms with Crippen molar-refractivity contribution >= 4 is 43.9 Å². The zero-order valence-electron chi connectivity index (χ0n) is 14.3. The van der Waals surface area contributed by atoms with Gasteiger partial charge in [-0.1, -0.05) is 23.7 Å². The number of aromatic hydroxyl groups is 1. The lowest BCUT2D eigenvalue weighted by Gasteiger charge is -2.06. The van der Waals surface area contributed by atoms with Crippen LogP contribution in [0, 0.1) is 0 Å². The number of aromatic amines is 1. The first kappa shape index (κ1) is 19.3. The van der Waals surface area contributed by atoms with E-state index in [1.165, 1.54) is 19.2 Å². The second kappa shape index (κ2) is 8.05. The molecule has 0 amide bonds. The van der Waals surface area contributed by atoms with Crippen LogP contribution in [-0.2, 0) is 14.8 Å². The summed E-state index contributed by atoms with van der Waals surface area (Å²) in [5.74, 6) is -0.220. The standard InChI is InChI=1S/C17H17ClN4O4S/c1-26-9-8-19-27(24,25)11-6-7-14-12(10-11)16(17(23)20-14)22-21-15-5-3-2-4-13(15)18/h2-7,10,19-20,23H,8-9H2,1H3. The number of azo groups is 1. The minimum atomic E-state index is -3.72. The Morgan fingerprint density at radius 3 is 2.74 bits per heavy atom. The van der Waals surface area contributed by atoms with Crippen molar-refractivity contribution in [1.82, 2.24) is 9.71 Å². The topological polar surface area (TPSA) is 116 Å². The van der Waals surface area contributed by atoms with Crippen molar-refractivity contribution in [2.45, 2.75) is 4.90 Å². The Kier molecular flexibility index (Phi) is 5.76. The molecule has 0 saturated carbocycles. The van der Waals surface area contributed by atoms with Crippen LogP contribution in [0.3, 0.4) is 0 Å². The molecule has 0 atom stereocenters. The van der Waals surface area contributed by atoms with Gasteiger partial charge >= 0.3 is 0 Å². The van der Waals surface area contributed by atoms with E-state index in [1.54, 1.807) is 30.3 Å². The third-order valence-electron chi connectivity index (χ3n) is 3.74. The van der Waals surface area contributed by atoms with Gasteiger partial charge in [0.25, 0.3) is 0 Å². The van der Waals surface area contributed by atoms with E-state index in [2.05, 4.69) is 19.9 Å². The van der Waals surface area contributed by atoms with E-state index in [-0.39, 0.29) is 29.6 Å². The summed E-state index contributed by atoms with van der Waals surface area (Å²) in [5.41, 5.74) is 1.08. The fourth-order valence-corrected chi connectivity index (χ4v) is 3.62. The van der Waals surface area contributed by atoms with Crippen molar-refractivity contribution in [3.63, 3.8) is 0 Å². The summed E-state index contributed by atoms with van der Waals surface area (Å²) in [5, 5.41) is 19.0. The first-order valence-electron chi connectivity index (χ1n) is 7.92. The maximum Gasteiger partial charge on any atom is 0.240 e. The maximum absolute atomic E-state index is 12.4. The van der Waals surface area contributed by atoms with Crippen LogP contribution >= 0.6 is 11.6 Å². The molecule has 0 spiro atoms. The SMILES string of the molecule is COCCNS(=O)(=O)c1ccc2[nH]c(O)c(N=Nc3ccccc3Cl)c2c1. The minimum absolute atomic E-state index is 0.0410. The molecule has 0 saturated heterocycles. The van der Waals surface area contributed by atoms with Crippen molar-refractivity contribution in [2.75, 3.05) is 20.3 Å². The molecule has 0 aliphatic carbocycles. The summed E-state index contributed by atoms with van der Waals surface area (Å²) in [7, 11) is -2.24. The number of benzene rings is 2. The maximum atomic E-state index is 12.4. The summed E-state index contributed by atoms with van der Waals surface area (Å²) in [6.07, 6.45) is 0. The van der Waals surface area contributed by atoms with Crippen molar-refractivity contribution in [3.05, 3.63) is 47.5 Å². The summed E-state index contributed by atoms with van der Waals surface area (Å²) in [4.78, 5) is 2.78. The van der Waals surface area contributed by atoms with Gasteiger partial charge < -0.3 is 14.8 Å². The molecule has 1 aromatic heterocycles. The van der Waals surface area contributed by atoms with Gasteiger partial charge in [0.1, 0.15) is 5.69 Å². The second-order valence-electron chi connectivity index (χ2n) is 5.57. The van der Waals surface area contributed by atoms with Gasteiger partial charge in [-0.15, -0.1) is 10.2 Å². The highest BCUT2D eigenvalue weighted by Crippen LogP contribution is 2.38. The van der Waals surface area contributed by atoms with Crippen LogP contribution in [0.15, 0.2) is 57.6 Å².